The molecular formula is C21H23ClF2N6O. The molecule has 0 radical (unpaired) electrons. The minimum atomic E-state index is -0.330. The lowest BCUT2D eigenvalue weighted by atomic mass is 9.95. The molecule has 3 aromatic rings. The number of halogens is 3. The summed E-state index contributed by atoms with van der Waals surface area (Å²) in [6.45, 7) is 1.59. The van der Waals surface area contributed by atoms with Gasteiger partial charge in [0.15, 0.2) is 0 Å². The van der Waals surface area contributed by atoms with Gasteiger partial charge in [0.1, 0.15) is 5.82 Å². The molecule has 1 fully saturated rings. The van der Waals surface area contributed by atoms with Gasteiger partial charge in [0.25, 0.3) is 5.95 Å². The molecule has 7 nitrogen and oxygen atoms in total. The van der Waals surface area contributed by atoms with Gasteiger partial charge in [0.05, 0.1) is 28.8 Å². The fraction of sp³-hybridized carbons (Fsp3) is 0.333. The molecule has 1 aliphatic carbocycles. The van der Waals surface area contributed by atoms with Crippen molar-refractivity contribution < 1.29 is 13.7 Å². The van der Waals surface area contributed by atoms with E-state index in [4.69, 9.17) is 11.6 Å². The summed E-state index contributed by atoms with van der Waals surface area (Å²) in [5.74, 6) is -0.403. The van der Waals surface area contributed by atoms with Crippen LogP contribution in [0.1, 0.15) is 39.0 Å². The van der Waals surface area contributed by atoms with Gasteiger partial charge >= 0.3 is 0 Å². The summed E-state index contributed by atoms with van der Waals surface area (Å²) in [6, 6.07) is 6.31. The van der Waals surface area contributed by atoms with E-state index in [1.807, 2.05) is 0 Å². The van der Waals surface area contributed by atoms with Crippen molar-refractivity contribution in [1.29, 1.82) is 0 Å². The van der Waals surface area contributed by atoms with E-state index in [0.717, 1.165) is 0 Å². The van der Waals surface area contributed by atoms with Crippen molar-refractivity contribution in [2.75, 3.05) is 5.54 Å². The first-order chi connectivity index (χ1) is 15.0. The molecule has 4 rings (SSSR count). The highest BCUT2D eigenvalue weighted by Gasteiger charge is 2.13. The summed E-state index contributed by atoms with van der Waals surface area (Å²) < 4.78 is 26.8. The largest absolute Gasteiger partial charge is 0.354 e. The average Bonchev–Trinajstić information content (AvgIpc) is 3.25. The molecule has 2 aromatic heterocycles. The second kappa shape index (κ2) is 10.8. The Morgan fingerprint density at radius 1 is 1.16 bits per heavy atom. The lowest BCUT2D eigenvalue weighted by Gasteiger charge is -2.21. The highest BCUT2D eigenvalue weighted by Crippen LogP contribution is 2.26. The predicted octanol–water partition coefficient (Wildman–Crippen LogP) is 4.87. The fourth-order valence-corrected chi connectivity index (χ4v) is 3.53. The summed E-state index contributed by atoms with van der Waals surface area (Å²) >= 11 is 6.00. The van der Waals surface area contributed by atoms with Crippen LogP contribution < -0.4 is 10.9 Å². The van der Waals surface area contributed by atoms with Crippen molar-refractivity contribution in [3.05, 3.63) is 53.7 Å². The number of aromatic nitrogens is 4. The van der Waals surface area contributed by atoms with Crippen LogP contribution in [0.25, 0.3) is 16.9 Å². The Morgan fingerprint density at radius 3 is 2.52 bits per heavy atom. The molecule has 10 heteroatoms. The number of nitrogens with one attached hydrogen (secondary N) is 2. The standard InChI is InChI=1S/C13H8ClF2N5.C8H15NO/c14-11-6-17-13(20-16)19-12(11)8-5-18-21(7-8)10-3-1-9(15)2-4-10;1-7(10)9-8-5-3-2-4-6-8/h1-7H,(H,17,19,20);8H,2-6H2,1H3,(H,9,10). The summed E-state index contributed by atoms with van der Waals surface area (Å²) in [5.41, 5.74) is 2.97. The van der Waals surface area contributed by atoms with Crippen molar-refractivity contribution in [3.8, 4) is 16.9 Å². The highest BCUT2D eigenvalue weighted by atomic mass is 35.5. The number of carbonyl (C=O) groups excluding carboxylic acids is 1. The number of hydrogen-bond acceptors (Lipinski definition) is 5. The number of rotatable bonds is 4. The Bertz CT molecular complexity index is 1010. The molecule has 1 aliphatic rings. The van der Waals surface area contributed by atoms with Crippen LogP contribution in [0.15, 0.2) is 42.9 Å². The van der Waals surface area contributed by atoms with Gasteiger partial charge in [-0.3, -0.25) is 4.79 Å². The van der Waals surface area contributed by atoms with E-state index < -0.39 is 0 Å². The molecule has 1 aromatic carbocycles. The molecule has 31 heavy (non-hydrogen) atoms. The first kappa shape index (κ1) is 22.6. The second-order valence-electron chi connectivity index (χ2n) is 7.17. The van der Waals surface area contributed by atoms with Crippen molar-refractivity contribution in [2.24, 2.45) is 0 Å². The van der Waals surface area contributed by atoms with Crippen LogP contribution in [-0.4, -0.2) is 31.7 Å². The zero-order valence-electron chi connectivity index (χ0n) is 17.0. The average molecular weight is 449 g/mol. The minimum Gasteiger partial charge on any atom is -0.354 e. The molecule has 0 bridgehead atoms. The SMILES string of the molecule is CC(=O)NC1CCCCC1.FNc1ncc(Cl)c(-c2cnn(-c3ccc(F)cc3)c2)n1. The maximum atomic E-state index is 12.9. The van der Waals surface area contributed by atoms with Gasteiger partial charge < -0.3 is 5.32 Å². The molecule has 0 saturated heterocycles. The maximum Gasteiger partial charge on any atom is 0.251 e. The normalized spacial score (nSPS) is 13.8. The lowest BCUT2D eigenvalue weighted by molar-refractivity contribution is -0.119. The molecule has 0 atom stereocenters. The molecule has 2 N–H and O–H groups in total. The Hall–Kier alpha value is -3.07. The van der Waals surface area contributed by atoms with Crippen LogP contribution in [0, 0.1) is 5.82 Å². The quantitative estimate of drug-likeness (QED) is 0.556. The van der Waals surface area contributed by atoms with Crippen LogP contribution in [-0.2, 0) is 4.79 Å². The van der Waals surface area contributed by atoms with E-state index in [-0.39, 0.29) is 22.7 Å². The zero-order chi connectivity index (χ0) is 22.2. The van der Waals surface area contributed by atoms with Crippen molar-refractivity contribution in [1.82, 2.24) is 25.1 Å². The second-order valence-corrected chi connectivity index (χ2v) is 7.58. The van der Waals surface area contributed by atoms with E-state index in [0.29, 0.717) is 23.0 Å². The van der Waals surface area contributed by atoms with Gasteiger partial charge in [0.2, 0.25) is 5.91 Å². The Morgan fingerprint density at radius 2 is 1.87 bits per heavy atom. The predicted molar refractivity (Wildman–Crippen MR) is 115 cm³/mol. The van der Waals surface area contributed by atoms with Crippen molar-refractivity contribution in [2.45, 2.75) is 45.1 Å². The van der Waals surface area contributed by atoms with Gasteiger partial charge in [-0.15, -0.1) is 4.48 Å². The first-order valence-corrected chi connectivity index (χ1v) is 10.3. The third-order valence-corrected chi connectivity index (χ3v) is 5.06. The monoisotopic (exact) mass is 448 g/mol. The summed E-state index contributed by atoms with van der Waals surface area (Å²) in [4.78, 5) is 18.2. The lowest BCUT2D eigenvalue weighted by Crippen LogP contribution is -2.34. The Labute approximate surface area is 183 Å². The van der Waals surface area contributed by atoms with E-state index in [9.17, 15) is 13.7 Å². The summed E-state index contributed by atoms with van der Waals surface area (Å²) in [7, 11) is 0. The van der Waals surface area contributed by atoms with E-state index in [2.05, 4.69) is 20.4 Å². The third-order valence-electron chi connectivity index (χ3n) is 4.79. The summed E-state index contributed by atoms with van der Waals surface area (Å²) in [6.07, 6.45) is 10.7. The Balaban J connectivity index is 0.000000229. The molecule has 1 amide bonds. The minimum absolute atomic E-state index is 0.118. The van der Waals surface area contributed by atoms with Crippen LogP contribution in [0.2, 0.25) is 5.02 Å². The molecule has 1 saturated carbocycles. The molecule has 2 heterocycles. The maximum absolute atomic E-state index is 12.9. The fourth-order valence-electron chi connectivity index (χ4n) is 3.33. The van der Waals surface area contributed by atoms with E-state index in [1.54, 1.807) is 25.3 Å². The number of anilines is 1. The van der Waals surface area contributed by atoms with Crippen LogP contribution in [0.5, 0.6) is 0 Å². The van der Waals surface area contributed by atoms with Crippen LogP contribution >= 0.6 is 11.6 Å². The van der Waals surface area contributed by atoms with Crippen molar-refractivity contribution in [3.63, 3.8) is 0 Å². The number of nitrogens with zero attached hydrogens (tertiary/aromatic N) is 4. The smallest absolute Gasteiger partial charge is 0.251 e. The van der Waals surface area contributed by atoms with Gasteiger partial charge in [0, 0.05) is 24.7 Å². The zero-order valence-corrected chi connectivity index (χ0v) is 17.7. The van der Waals surface area contributed by atoms with Gasteiger partial charge in [-0.1, -0.05) is 30.9 Å². The molecule has 0 spiro atoms. The molecular weight excluding hydrogens is 426 g/mol. The number of carbonyl (C=O) groups is 1. The summed E-state index contributed by atoms with van der Waals surface area (Å²) in [5, 5.41) is 7.36. The van der Waals surface area contributed by atoms with Crippen LogP contribution in [0.4, 0.5) is 14.8 Å². The molecule has 0 unspecified atom stereocenters. The number of benzene rings is 1. The van der Waals surface area contributed by atoms with Crippen molar-refractivity contribution >= 4 is 23.5 Å². The number of amides is 1. The van der Waals surface area contributed by atoms with Crippen LogP contribution in [0.3, 0.4) is 0 Å². The first-order valence-electron chi connectivity index (χ1n) is 9.93. The third kappa shape index (κ3) is 6.45. The van der Waals surface area contributed by atoms with Gasteiger partial charge in [-0.05, 0) is 37.1 Å². The van der Waals surface area contributed by atoms with Gasteiger partial charge in [-0.2, -0.15) is 10.6 Å². The van der Waals surface area contributed by atoms with E-state index >= 15 is 0 Å². The Kier molecular flexibility index (Phi) is 7.88. The highest BCUT2D eigenvalue weighted by molar-refractivity contribution is 6.32. The molecule has 164 valence electrons. The molecule has 0 aliphatic heterocycles. The topological polar surface area (TPSA) is 84.7 Å². The van der Waals surface area contributed by atoms with E-state index in [1.165, 1.54) is 66.9 Å². The van der Waals surface area contributed by atoms with Gasteiger partial charge in [-0.25, -0.2) is 19.0 Å². The number of hydrogen-bond donors (Lipinski definition) is 2.